The number of carbonyl (C=O) groups excluding carboxylic acids is 1. The van der Waals surface area contributed by atoms with Crippen molar-refractivity contribution >= 4 is 149 Å². The maximum atomic E-state index is 13.4. The van der Waals surface area contributed by atoms with Crippen molar-refractivity contribution in [2.75, 3.05) is 19.5 Å². The van der Waals surface area contributed by atoms with Crippen molar-refractivity contribution in [3.05, 3.63) is 166 Å². The number of hydrogen-bond acceptors (Lipinski definition) is 15. The van der Waals surface area contributed by atoms with Crippen LogP contribution in [0.3, 0.4) is 0 Å². The average Bonchev–Trinajstić information content (AvgIpc) is 3.37. The Labute approximate surface area is 470 Å². The van der Waals surface area contributed by atoms with Crippen molar-refractivity contribution in [1.29, 1.82) is 0 Å². The molecule has 8 aromatic rings. The molecule has 0 aliphatic carbocycles. The van der Waals surface area contributed by atoms with Gasteiger partial charge >= 0.3 is 37.7 Å². The number of methoxy groups -OCH3 is 2. The summed E-state index contributed by atoms with van der Waals surface area (Å²) in [6.45, 7) is 3.61. The van der Waals surface area contributed by atoms with Crippen molar-refractivity contribution in [3.8, 4) is 23.0 Å². The van der Waals surface area contributed by atoms with Gasteiger partial charge < -0.3 is 30.1 Å². The van der Waals surface area contributed by atoms with Gasteiger partial charge in [-0.15, -0.1) is 15.3 Å². The topological polar surface area (TPSA) is 284 Å². The molecule has 0 unspecified atom stereocenters. The van der Waals surface area contributed by atoms with E-state index in [-0.39, 0.29) is 81.7 Å². The third kappa shape index (κ3) is 13.2. The Bertz CT molecular complexity index is 3830. The molecule has 1 amide bonds. The largest absolute Gasteiger partial charge is 2.00 e. The molecule has 0 bridgehead atoms. The van der Waals surface area contributed by atoms with E-state index in [4.69, 9.17) is 32.7 Å². The fourth-order valence-corrected chi connectivity index (χ4v) is 9.63. The Morgan fingerprint density at radius 3 is 1.60 bits per heavy atom. The summed E-state index contributed by atoms with van der Waals surface area (Å²) < 4.78 is 76.2. The molecule has 0 aromatic heterocycles. The average molecular weight is 1120 g/mol. The van der Waals surface area contributed by atoms with Gasteiger partial charge in [-0.3, -0.25) is 18.9 Å². The zero-order valence-corrected chi connectivity index (χ0v) is 45.5. The number of hydrogen-bond donors (Lipinski definition) is 4. The zero-order valence-electron chi connectivity index (χ0n) is 40.1. The standard InChI is InChI=1S/2C26H22ClN3O6S.Ca/c2*1-3-15-11-12-21(37(33,34)35)22(27)23(15)29-30-24-19-10-5-4-7-16(19)13-20(25(24)31)26(32)28-17-8-6-9-18(14-17)36-2;/h2*4-14,31H,3H2,1-2H3,(H,28,32)(H,33,34,35);/q;;+2/p-2. The number of fused-ring (bicyclic) bond motifs is 2. The molecule has 8 rings (SSSR count). The number of azo groups is 2. The molecule has 0 atom stereocenters. The van der Waals surface area contributed by atoms with Crippen molar-refractivity contribution in [1.82, 2.24) is 0 Å². The van der Waals surface area contributed by atoms with Crippen LogP contribution in [0.5, 0.6) is 23.0 Å². The summed E-state index contributed by atoms with van der Waals surface area (Å²) in [7, 11) is -6.23. The molecule has 0 aliphatic rings. The van der Waals surface area contributed by atoms with Gasteiger partial charge in [-0.05, 0) is 94.7 Å². The minimum Gasteiger partial charge on any atom is -0.871 e. The smallest absolute Gasteiger partial charge is 0.871 e. The second-order valence-corrected chi connectivity index (χ2v) is 19.3. The molecule has 0 aliphatic heterocycles. The van der Waals surface area contributed by atoms with Crippen molar-refractivity contribution < 1.29 is 55.5 Å². The van der Waals surface area contributed by atoms with Gasteiger partial charge in [0, 0.05) is 28.6 Å². The number of amides is 1. The van der Waals surface area contributed by atoms with E-state index < -0.39 is 53.3 Å². The van der Waals surface area contributed by atoms with Crippen LogP contribution in [0.4, 0.5) is 34.1 Å². The second kappa shape index (κ2) is 24.7. The number of phenolic OH excluding ortho intramolecular Hbond substituents is 1. The van der Waals surface area contributed by atoms with Crippen molar-refractivity contribution in [2.45, 2.75) is 36.5 Å². The summed E-state index contributed by atoms with van der Waals surface area (Å²) in [6, 6.07) is 35.3. The number of aliphatic imine (C=N–C) groups is 1. The molecular weight excluding hydrogens is 1080 g/mol. The van der Waals surface area contributed by atoms with E-state index in [1.807, 2.05) is 6.92 Å². The fraction of sp³-hybridized carbons (Fsp3) is 0.115. The minimum atomic E-state index is -4.62. The Morgan fingerprint density at radius 2 is 1.08 bits per heavy atom. The summed E-state index contributed by atoms with van der Waals surface area (Å²) in [6.07, 6.45) is 0.859. The summed E-state index contributed by atoms with van der Waals surface area (Å²) in [5.74, 6) is -1.46. The first-order valence-corrected chi connectivity index (χ1v) is 25.7. The van der Waals surface area contributed by atoms with Crippen LogP contribution in [-0.2, 0) is 33.1 Å². The molecule has 18 nitrogen and oxygen atoms in total. The van der Waals surface area contributed by atoms with Crippen LogP contribution in [0, 0.1) is 0 Å². The predicted molar refractivity (Wildman–Crippen MR) is 285 cm³/mol. The van der Waals surface area contributed by atoms with Gasteiger partial charge in [0.1, 0.15) is 38.4 Å². The molecule has 0 spiro atoms. The number of aromatic hydroxyl groups is 1. The van der Waals surface area contributed by atoms with Crippen LogP contribution in [-0.4, -0.2) is 94.8 Å². The van der Waals surface area contributed by atoms with Crippen LogP contribution in [0.15, 0.2) is 169 Å². The summed E-state index contributed by atoms with van der Waals surface area (Å²) in [5, 5.41) is 58.2. The van der Waals surface area contributed by atoms with Crippen LogP contribution < -0.4 is 25.0 Å². The molecule has 0 heterocycles. The Hall–Kier alpha value is -6.72. The van der Waals surface area contributed by atoms with Crippen LogP contribution in [0.2, 0.25) is 10.0 Å². The number of nitrogens with zero attached hydrogens (tertiary/aromatic N) is 5. The van der Waals surface area contributed by atoms with E-state index in [0.717, 1.165) is 0 Å². The van der Waals surface area contributed by atoms with E-state index in [1.54, 1.807) is 104 Å². The number of nitrogens with one attached hydrogen (secondary N) is 1. The van der Waals surface area contributed by atoms with Crippen molar-refractivity contribution in [3.63, 3.8) is 0 Å². The van der Waals surface area contributed by atoms with Crippen LogP contribution >= 0.6 is 23.2 Å². The van der Waals surface area contributed by atoms with Gasteiger partial charge in [-0.2, -0.15) is 21.9 Å². The molecule has 23 heteroatoms. The molecule has 380 valence electrons. The third-order valence-electron chi connectivity index (χ3n) is 11.2. The monoisotopic (exact) mass is 1120 g/mol. The fourth-order valence-electron chi connectivity index (χ4n) is 7.47. The number of anilines is 1. The van der Waals surface area contributed by atoms with Gasteiger partial charge in [-0.25, -0.2) is 0 Å². The first-order chi connectivity index (χ1) is 35.3. The molecule has 75 heavy (non-hydrogen) atoms. The van der Waals surface area contributed by atoms with Crippen molar-refractivity contribution in [2.24, 2.45) is 25.4 Å². The van der Waals surface area contributed by atoms with E-state index >= 15 is 0 Å². The summed E-state index contributed by atoms with van der Waals surface area (Å²) >= 11 is 12.5. The normalized spacial score (nSPS) is 11.9. The molecule has 0 saturated heterocycles. The SMILES string of the molecule is CCc1ccc(S(=O)(=O)O)c(Cl)c1N=Nc1c(O)c(C(=O)Nc2cccc(OC)c2)cc2ccccc12.CCc1ccc(S(=O)(=O)O)c(Cl)c1N=Nc1c([O-])c(C([O-])=Nc2cccc(OC)c2)cc2ccccc12.[Ca+2]. The number of benzene rings is 8. The maximum Gasteiger partial charge on any atom is 2.00 e. The minimum absolute atomic E-state index is 0. The molecule has 8 aromatic carbocycles. The van der Waals surface area contributed by atoms with Gasteiger partial charge in [0.05, 0.1) is 41.2 Å². The Balaban J connectivity index is 0.000000241. The quantitative estimate of drug-likeness (QED) is 0.0260. The van der Waals surface area contributed by atoms with Gasteiger partial charge in [-0.1, -0.05) is 116 Å². The van der Waals surface area contributed by atoms with Gasteiger partial charge in [0.15, 0.2) is 5.75 Å². The van der Waals surface area contributed by atoms with Crippen LogP contribution in [0.1, 0.15) is 40.9 Å². The Morgan fingerprint density at radius 1 is 0.613 bits per heavy atom. The first-order valence-electron chi connectivity index (χ1n) is 22.0. The molecule has 4 N–H and O–H groups in total. The maximum absolute atomic E-state index is 13.4. The number of ether oxygens (including phenoxy) is 2. The molecule has 0 saturated carbocycles. The number of halogens is 2. The van der Waals surface area contributed by atoms with Crippen LogP contribution in [0.25, 0.3) is 21.5 Å². The van der Waals surface area contributed by atoms with E-state index in [2.05, 4.69) is 30.8 Å². The van der Waals surface area contributed by atoms with E-state index in [0.29, 0.717) is 68.4 Å². The number of rotatable bonds is 14. The van der Waals surface area contributed by atoms with E-state index in [9.17, 15) is 46.1 Å². The molecular formula is C52H42CaCl2N6O12S2. The second-order valence-electron chi connectivity index (χ2n) is 15.8. The van der Waals surface area contributed by atoms with E-state index in [1.165, 1.54) is 50.6 Å². The number of aryl methyl sites for hydroxylation is 2. The van der Waals surface area contributed by atoms with Gasteiger partial charge in [0.25, 0.3) is 26.1 Å². The molecule has 0 fully saturated rings. The predicted octanol–water partition coefficient (Wildman–Crippen LogP) is 11.5. The first kappa shape index (κ1) is 57.6. The number of phenols is 1. The summed E-state index contributed by atoms with van der Waals surface area (Å²) in [4.78, 5) is 16.1. The third-order valence-corrected chi connectivity index (χ3v) is 14.0. The van der Waals surface area contributed by atoms with Gasteiger partial charge in [0.2, 0.25) is 0 Å². The molecule has 0 radical (unpaired) electrons. The zero-order chi connectivity index (χ0) is 53.5. The number of carbonyl (C=O) groups is 1. The Kier molecular flexibility index (Phi) is 19.0. The summed E-state index contributed by atoms with van der Waals surface area (Å²) in [5.41, 5.74) is 1.46.